The smallest absolute Gasteiger partial charge is 0.335 e. The van der Waals surface area contributed by atoms with Gasteiger partial charge >= 0.3 is 5.97 Å². The SMILES string of the molecule is CC(C)[C@H]([NH3+])CO.O.O=C([O-])[C@@H](O)[C@H](O)C(=O)O. The van der Waals surface area contributed by atoms with Crippen molar-refractivity contribution in [2.45, 2.75) is 32.1 Å². The summed E-state index contributed by atoms with van der Waals surface area (Å²) in [6, 6.07) is 0.208. The standard InChI is InChI=1S/C5H13NO.C4H6O6.H2O/c1-4(2)5(6)3-7;5-1(3(7)8)2(6)4(9)10;/h4-5,7H,3,6H2,1-2H3;1-2,5-6H,(H,7,8)(H,9,10);1H2/t5-;1-,2-;/m10./s1. The third kappa shape index (κ3) is 9.93. The Morgan fingerprint density at radius 1 is 1.22 bits per heavy atom. The maximum absolute atomic E-state index is 9.74. The molecule has 0 saturated heterocycles. The van der Waals surface area contributed by atoms with Gasteiger partial charge in [-0.1, -0.05) is 13.8 Å². The van der Waals surface area contributed by atoms with Crippen LogP contribution in [0.25, 0.3) is 0 Å². The highest BCUT2D eigenvalue weighted by molar-refractivity contribution is 5.81. The highest BCUT2D eigenvalue weighted by Gasteiger charge is 2.23. The molecular formula is C9H21NO8. The lowest BCUT2D eigenvalue weighted by Crippen LogP contribution is -2.65. The molecule has 9 N–H and O–H groups in total. The summed E-state index contributed by atoms with van der Waals surface area (Å²) < 4.78 is 0. The molecule has 0 spiro atoms. The molecule has 0 bridgehead atoms. The van der Waals surface area contributed by atoms with Crippen molar-refractivity contribution in [3.8, 4) is 0 Å². The average Bonchev–Trinajstić information content (AvgIpc) is 2.26. The molecule has 18 heavy (non-hydrogen) atoms. The van der Waals surface area contributed by atoms with Crippen molar-refractivity contribution >= 4 is 11.9 Å². The van der Waals surface area contributed by atoms with Crippen molar-refractivity contribution < 1.29 is 46.3 Å². The van der Waals surface area contributed by atoms with Crippen molar-refractivity contribution in [2.75, 3.05) is 6.61 Å². The van der Waals surface area contributed by atoms with Gasteiger partial charge < -0.3 is 41.5 Å². The molecule has 110 valence electrons. The number of aliphatic hydroxyl groups excluding tert-OH is 3. The monoisotopic (exact) mass is 271 g/mol. The van der Waals surface area contributed by atoms with E-state index >= 15 is 0 Å². The number of carbonyl (C=O) groups is 2. The van der Waals surface area contributed by atoms with Crippen LogP contribution >= 0.6 is 0 Å². The lowest BCUT2D eigenvalue weighted by atomic mass is 10.1. The highest BCUT2D eigenvalue weighted by atomic mass is 16.4. The first-order valence-electron chi connectivity index (χ1n) is 4.88. The third-order valence-corrected chi connectivity index (χ3v) is 1.97. The fourth-order valence-electron chi connectivity index (χ4n) is 0.475. The number of hydrogen-bond acceptors (Lipinski definition) is 6. The fourth-order valence-corrected chi connectivity index (χ4v) is 0.475. The van der Waals surface area contributed by atoms with Gasteiger partial charge in [0, 0.05) is 5.92 Å². The van der Waals surface area contributed by atoms with E-state index in [2.05, 4.69) is 5.73 Å². The Morgan fingerprint density at radius 3 is 1.67 bits per heavy atom. The third-order valence-electron chi connectivity index (χ3n) is 1.97. The maximum atomic E-state index is 9.74. The predicted molar refractivity (Wildman–Crippen MR) is 56.9 cm³/mol. The van der Waals surface area contributed by atoms with Gasteiger partial charge in [0.15, 0.2) is 6.10 Å². The van der Waals surface area contributed by atoms with E-state index in [9.17, 15) is 14.7 Å². The van der Waals surface area contributed by atoms with Crippen molar-refractivity contribution in [1.29, 1.82) is 0 Å². The summed E-state index contributed by atoms with van der Waals surface area (Å²) in [7, 11) is 0. The number of aliphatic carboxylic acids is 2. The number of carboxylic acid groups (broad SMARTS) is 2. The summed E-state index contributed by atoms with van der Waals surface area (Å²) in [6.45, 7) is 4.30. The molecule has 0 aromatic heterocycles. The largest absolute Gasteiger partial charge is 0.547 e. The summed E-state index contributed by atoms with van der Waals surface area (Å²) in [5, 5.41) is 42.6. The van der Waals surface area contributed by atoms with E-state index in [4.69, 9.17) is 20.4 Å². The molecule has 0 aliphatic rings. The predicted octanol–water partition coefficient (Wildman–Crippen LogP) is -5.04. The van der Waals surface area contributed by atoms with E-state index < -0.39 is 24.1 Å². The van der Waals surface area contributed by atoms with Gasteiger partial charge in [0.25, 0.3) is 0 Å². The van der Waals surface area contributed by atoms with E-state index in [0.29, 0.717) is 5.92 Å². The number of carbonyl (C=O) groups excluding carboxylic acids is 1. The Bertz CT molecular complexity index is 227. The maximum Gasteiger partial charge on any atom is 0.335 e. The molecule has 0 amide bonds. The quantitative estimate of drug-likeness (QED) is 0.329. The van der Waals surface area contributed by atoms with Crippen molar-refractivity contribution in [2.24, 2.45) is 5.92 Å². The van der Waals surface area contributed by atoms with Gasteiger partial charge in [-0.15, -0.1) is 0 Å². The second-order valence-electron chi connectivity index (χ2n) is 3.73. The first-order chi connectivity index (χ1) is 7.64. The Morgan fingerprint density at radius 2 is 1.61 bits per heavy atom. The summed E-state index contributed by atoms with van der Waals surface area (Å²) in [5.41, 5.74) is 3.71. The van der Waals surface area contributed by atoms with Gasteiger partial charge in [-0.05, 0) is 0 Å². The molecule has 0 heterocycles. The van der Waals surface area contributed by atoms with E-state index in [0.717, 1.165) is 0 Å². The van der Waals surface area contributed by atoms with Crippen LogP contribution in [0, 0.1) is 5.92 Å². The van der Waals surface area contributed by atoms with Crippen molar-refractivity contribution in [3.05, 3.63) is 0 Å². The van der Waals surface area contributed by atoms with Crippen LogP contribution in [0.15, 0.2) is 0 Å². The Balaban J connectivity index is -0.000000251. The number of hydrogen-bond donors (Lipinski definition) is 5. The minimum atomic E-state index is -2.38. The van der Waals surface area contributed by atoms with Crippen LogP contribution in [0.2, 0.25) is 0 Å². The molecule has 3 atom stereocenters. The molecular weight excluding hydrogens is 250 g/mol. The molecule has 0 radical (unpaired) electrons. The molecule has 0 aromatic rings. The zero-order valence-corrected chi connectivity index (χ0v) is 10.2. The van der Waals surface area contributed by atoms with Crippen LogP contribution < -0.4 is 10.8 Å². The topological polar surface area (TPSA) is 197 Å². The van der Waals surface area contributed by atoms with Gasteiger partial charge in [-0.2, -0.15) is 0 Å². The number of quaternary nitrogens is 1. The average molecular weight is 271 g/mol. The van der Waals surface area contributed by atoms with Crippen LogP contribution in [0.5, 0.6) is 0 Å². The fraction of sp³-hybridized carbons (Fsp3) is 0.778. The van der Waals surface area contributed by atoms with Gasteiger partial charge in [0.2, 0.25) is 0 Å². The van der Waals surface area contributed by atoms with Gasteiger partial charge in [0.1, 0.15) is 12.1 Å². The van der Waals surface area contributed by atoms with Crippen LogP contribution in [0.3, 0.4) is 0 Å². The van der Waals surface area contributed by atoms with Gasteiger partial charge in [-0.3, -0.25) is 0 Å². The lowest BCUT2D eigenvalue weighted by molar-refractivity contribution is -0.436. The molecule has 0 aliphatic carbocycles. The first-order valence-corrected chi connectivity index (χ1v) is 4.88. The number of carboxylic acids is 2. The molecule has 0 rings (SSSR count). The zero-order valence-electron chi connectivity index (χ0n) is 10.2. The minimum absolute atomic E-state index is 0. The van der Waals surface area contributed by atoms with E-state index in [1.54, 1.807) is 0 Å². The van der Waals surface area contributed by atoms with E-state index in [1.807, 2.05) is 13.8 Å². The number of rotatable bonds is 5. The Labute approximate surface area is 104 Å². The normalized spacial score (nSPS) is 14.6. The Hall–Kier alpha value is -1.26. The van der Waals surface area contributed by atoms with Crippen LogP contribution in [-0.4, -0.2) is 62.7 Å². The molecule has 9 nitrogen and oxygen atoms in total. The molecule has 0 unspecified atom stereocenters. The van der Waals surface area contributed by atoms with Crippen LogP contribution in [0.4, 0.5) is 0 Å². The van der Waals surface area contributed by atoms with Gasteiger partial charge in [0.05, 0.1) is 12.6 Å². The summed E-state index contributed by atoms with van der Waals surface area (Å²) >= 11 is 0. The van der Waals surface area contributed by atoms with Crippen molar-refractivity contribution in [1.82, 2.24) is 0 Å². The lowest BCUT2D eigenvalue weighted by Gasteiger charge is -2.13. The van der Waals surface area contributed by atoms with Crippen molar-refractivity contribution in [3.63, 3.8) is 0 Å². The van der Waals surface area contributed by atoms with E-state index in [-0.39, 0.29) is 18.1 Å². The zero-order chi connectivity index (χ0) is 14.2. The van der Waals surface area contributed by atoms with E-state index in [1.165, 1.54) is 0 Å². The molecule has 9 heteroatoms. The highest BCUT2D eigenvalue weighted by Crippen LogP contribution is 1.92. The van der Waals surface area contributed by atoms with Crippen LogP contribution in [-0.2, 0) is 9.59 Å². The second-order valence-corrected chi connectivity index (χ2v) is 3.73. The summed E-state index contributed by atoms with van der Waals surface area (Å²) in [4.78, 5) is 19.4. The Kier molecular flexibility index (Phi) is 13.3. The van der Waals surface area contributed by atoms with Gasteiger partial charge in [-0.25, -0.2) is 4.79 Å². The molecule has 0 saturated carbocycles. The molecule has 0 fully saturated rings. The second kappa shape index (κ2) is 10.9. The summed E-state index contributed by atoms with van der Waals surface area (Å²) in [6.07, 6.45) is -4.71. The molecule has 0 aliphatic heterocycles. The first kappa shape index (κ1) is 22.0. The summed E-state index contributed by atoms with van der Waals surface area (Å²) in [5.74, 6) is -3.32. The number of aliphatic hydroxyl groups is 3. The van der Waals surface area contributed by atoms with Crippen LogP contribution in [0.1, 0.15) is 13.8 Å². The minimum Gasteiger partial charge on any atom is -0.547 e. The molecule has 0 aromatic carbocycles.